The number of furan rings is 1. The van der Waals surface area contributed by atoms with Crippen LogP contribution in [-0.4, -0.2) is 32.7 Å². The Labute approximate surface area is 168 Å². The van der Waals surface area contributed by atoms with Crippen LogP contribution >= 0.6 is 0 Å². The molecule has 0 spiro atoms. The van der Waals surface area contributed by atoms with Crippen LogP contribution in [0.1, 0.15) is 29.5 Å². The van der Waals surface area contributed by atoms with Gasteiger partial charge in [-0.1, -0.05) is 36.4 Å². The van der Waals surface area contributed by atoms with Crippen LogP contribution in [0.15, 0.2) is 63.9 Å². The number of carbonyl (C=O) groups is 2. The predicted octanol–water partition coefficient (Wildman–Crippen LogP) is 3.52. The number of hydrogen-bond acceptors (Lipinski definition) is 7. The van der Waals surface area contributed by atoms with E-state index in [4.69, 9.17) is 13.9 Å². The van der Waals surface area contributed by atoms with Gasteiger partial charge in [0.1, 0.15) is 12.2 Å². The first-order valence-corrected chi connectivity index (χ1v) is 10.7. The van der Waals surface area contributed by atoms with E-state index in [1.807, 2.05) is 0 Å². The summed E-state index contributed by atoms with van der Waals surface area (Å²) in [5.41, 5.74) is 0.853. The molecule has 0 radical (unpaired) electrons. The first-order chi connectivity index (χ1) is 13.9. The summed E-state index contributed by atoms with van der Waals surface area (Å²) in [4.78, 5) is 24.4. The van der Waals surface area contributed by atoms with Crippen molar-refractivity contribution in [1.29, 1.82) is 0 Å². The average molecular weight is 416 g/mol. The molecule has 152 valence electrons. The Morgan fingerprint density at radius 3 is 2.38 bits per heavy atom. The van der Waals surface area contributed by atoms with E-state index in [0.29, 0.717) is 16.5 Å². The van der Waals surface area contributed by atoms with E-state index in [-0.39, 0.29) is 36.0 Å². The summed E-state index contributed by atoms with van der Waals surface area (Å²) >= 11 is 0. The predicted molar refractivity (Wildman–Crippen MR) is 105 cm³/mol. The summed E-state index contributed by atoms with van der Waals surface area (Å²) in [7, 11) is -3.58. The number of ether oxygens (including phenoxy) is 2. The Kier molecular flexibility index (Phi) is 6.33. The van der Waals surface area contributed by atoms with Crippen molar-refractivity contribution in [3.63, 3.8) is 0 Å². The molecule has 0 amide bonds. The number of carbonyl (C=O) groups excluding carboxylic acids is 2. The normalized spacial score (nSPS) is 11.3. The van der Waals surface area contributed by atoms with E-state index >= 15 is 0 Å². The highest BCUT2D eigenvalue weighted by atomic mass is 32.2. The lowest BCUT2D eigenvalue weighted by Crippen LogP contribution is -2.14. The number of sulfone groups is 1. The molecule has 0 saturated carbocycles. The molecule has 1 aromatic heterocycles. The fourth-order valence-electron chi connectivity index (χ4n) is 2.79. The molecule has 0 unspecified atom stereocenters. The fraction of sp³-hybridized carbons (Fsp3) is 0.238. The summed E-state index contributed by atoms with van der Waals surface area (Å²) in [5, 5.41) is 0.625. The van der Waals surface area contributed by atoms with Gasteiger partial charge in [-0.05, 0) is 25.1 Å². The molecule has 3 rings (SSSR count). The lowest BCUT2D eigenvalue weighted by molar-refractivity contribution is -0.144. The Morgan fingerprint density at radius 1 is 0.966 bits per heavy atom. The monoisotopic (exact) mass is 416 g/mol. The number of fused-ring (bicyclic) bond motifs is 1. The Hall–Kier alpha value is -3.13. The molecule has 0 fully saturated rings. The van der Waals surface area contributed by atoms with Gasteiger partial charge in [0.25, 0.3) is 0 Å². The van der Waals surface area contributed by atoms with Crippen molar-refractivity contribution in [2.24, 2.45) is 0 Å². The number of rotatable bonds is 8. The summed E-state index contributed by atoms with van der Waals surface area (Å²) < 4.78 is 40.3. The third kappa shape index (κ3) is 4.83. The first kappa shape index (κ1) is 20.6. The highest BCUT2D eigenvalue weighted by Crippen LogP contribution is 2.27. The summed E-state index contributed by atoms with van der Waals surface area (Å²) in [6.07, 6.45) is -0.304. The van der Waals surface area contributed by atoms with Crippen LogP contribution in [0.2, 0.25) is 0 Å². The molecule has 0 saturated heterocycles. The number of benzene rings is 2. The molecule has 2 aromatic carbocycles. The molecule has 0 aliphatic carbocycles. The van der Waals surface area contributed by atoms with Crippen molar-refractivity contribution in [3.05, 3.63) is 65.9 Å². The second-order valence-electron chi connectivity index (χ2n) is 6.17. The number of para-hydroxylation sites is 1. The second-order valence-corrected chi connectivity index (χ2v) is 8.28. The maximum absolute atomic E-state index is 12.3. The molecule has 29 heavy (non-hydrogen) atoms. The second kappa shape index (κ2) is 8.91. The molecule has 1 heterocycles. The van der Waals surface area contributed by atoms with Gasteiger partial charge in [0.05, 0.1) is 29.2 Å². The van der Waals surface area contributed by atoms with Crippen LogP contribution in [0.3, 0.4) is 0 Å². The minimum atomic E-state index is -3.58. The standard InChI is InChI=1S/C21H20O7S/c1-2-26-21(23)20-17(16-10-6-7-11-18(16)28-20)14-27-19(22)12-13-29(24,25)15-8-4-3-5-9-15/h3-11H,2,12-14H2,1H3. The SMILES string of the molecule is CCOC(=O)c1oc2ccccc2c1COC(=O)CCS(=O)(=O)c1ccccc1. The maximum Gasteiger partial charge on any atom is 0.374 e. The van der Waals surface area contributed by atoms with Crippen molar-refractivity contribution in [2.45, 2.75) is 24.8 Å². The zero-order valence-electron chi connectivity index (χ0n) is 15.8. The van der Waals surface area contributed by atoms with Crippen LogP contribution < -0.4 is 0 Å². The Bertz CT molecular complexity index is 1110. The summed E-state index contributed by atoms with van der Waals surface area (Å²) in [5.74, 6) is -1.74. The zero-order valence-corrected chi connectivity index (χ0v) is 16.6. The van der Waals surface area contributed by atoms with Gasteiger partial charge in [0.15, 0.2) is 9.84 Å². The van der Waals surface area contributed by atoms with E-state index in [9.17, 15) is 18.0 Å². The van der Waals surface area contributed by atoms with Gasteiger partial charge in [0, 0.05) is 5.39 Å². The molecule has 7 nitrogen and oxygen atoms in total. The minimum Gasteiger partial charge on any atom is -0.461 e. The van der Waals surface area contributed by atoms with Crippen molar-refractivity contribution in [1.82, 2.24) is 0 Å². The Balaban J connectivity index is 1.69. The van der Waals surface area contributed by atoms with E-state index in [2.05, 4.69) is 0 Å². The van der Waals surface area contributed by atoms with E-state index in [0.717, 1.165) is 0 Å². The Morgan fingerprint density at radius 2 is 1.66 bits per heavy atom. The molecule has 0 atom stereocenters. The van der Waals surface area contributed by atoms with Gasteiger partial charge in [-0.3, -0.25) is 4.79 Å². The van der Waals surface area contributed by atoms with E-state index < -0.39 is 21.8 Å². The van der Waals surface area contributed by atoms with Crippen LogP contribution in [0.5, 0.6) is 0 Å². The van der Waals surface area contributed by atoms with E-state index in [1.54, 1.807) is 49.4 Å². The third-order valence-electron chi connectivity index (χ3n) is 4.21. The first-order valence-electron chi connectivity index (χ1n) is 9.03. The average Bonchev–Trinajstić information content (AvgIpc) is 3.10. The van der Waals surface area contributed by atoms with Crippen molar-refractivity contribution < 1.29 is 31.9 Å². The maximum atomic E-state index is 12.3. The topological polar surface area (TPSA) is 99.9 Å². The van der Waals surface area contributed by atoms with Gasteiger partial charge in [0.2, 0.25) is 5.76 Å². The van der Waals surface area contributed by atoms with Gasteiger partial charge in [-0.2, -0.15) is 0 Å². The molecule has 0 aliphatic heterocycles. The van der Waals surface area contributed by atoms with Gasteiger partial charge < -0.3 is 13.9 Å². The highest BCUT2D eigenvalue weighted by molar-refractivity contribution is 7.91. The zero-order chi connectivity index (χ0) is 20.9. The molecular weight excluding hydrogens is 396 g/mol. The molecule has 8 heteroatoms. The van der Waals surface area contributed by atoms with Crippen LogP contribution in [-0.2, 0) is 30.7 Å². The fourth-order valence-corrected chi connectivity index (χ4v) is 4.03. The molecule has 0 N–H and O–H groups in total. The quantitative estimate of drug-likeness (QED) is 0.518. The number of esters is 2. The largest absolute Gasteiger partial charge is 0.461 e. The smallest absolute Gasteiger partial charge is 0.374 e. The van der Waals surface area contributed by atoms with E-state index in [1.165, 1.54) is 12.1 Å². The molecule has 0 aliphatic rings. The number of hydrogen-bond donors (Lipinski definition) is 0. The minimum absolute atomic E-state index is 0.0299. The molecule has 3 aromatic rings. The lowest BCUT2D eigenvalue weighted by atomic mass is 10.1. The van der Waals surface area contributed by atoms with Crippen LogP contribution in [0.25, 0.3) is 11.0 Å². The van der Waals surface area contributed by atoms with Crippen LogP contribution in [0, 0.1) is 0 Å². The lowest BCUT2D eigenvalue weighted by Gasteiger charge is -2.07. The van der Waals surface area contributed by atoms with Crippen molar-refractivity contribution in [3.8, 4) is 0 Å². The van der Waals surface area contributed by atoms with Gasteiger partial charge >= 0.3 is 11.9 Å². The highest BCUT2D eigenvalue weighted by Gasteiger charge is 2.23. The summed E-state index contributed by atoms with van der Waals surface area (Å²) in [6.45, 7) is 1.62. The van der Waals surface area contributed by atoms with Crippen molar-refractivity contribution in [2.75, 3.05) is 12.4 Å². The summed E-state index contributed by atoms with van der Waals surface area (Å²) in [6, 6.07) is 14.9. The van der Waals surface area contributed by atoms with Gasteiger partial charge in [-0.15, -0.1) is 0 Å². The molecular formula is C21H20O7S. The van der Waals surface area contributed by atoms with Gasteiger partial charge in [-0.25, -0.2) is 13.2 Å². The third-order valence-corrected chi connectivity index (χ3v) is 5.95. The van der Waals surface area contributed by atoms with Crippen molar-refractivity contribution >= 4 is 32.7 Å². The van der Waals surface area contributed by atoms with Crippen LogP contribution in [0.4, 0.5) is 0 Å². The molecule has 0 bridgehead atoms.